The first kappa shape index (κ1) is 99.3. The molecule has 0 aromatic carbocycles. The van der Waals surface area contributed by atoms with E-state index in [2.05, 4.69) is 0 Å². The van der Waals surface area contributed by atoms with Crippen molar-refractivity contribution in [3.05, 3.63) is 0 Å². The van der Waals surface area contributed by atoms with Crippen molar-refractivity contribution < 1.29 is 212 Å². The largest absolute Gasteiger partial charge is 0.396 e. The maximum atomic E-state index is 10.8. The average molecular weight is 1680 g/mol. The van der Waals surface area contributed by atoms with Gasteiger partial charge in [-0.2, -0.15) is 0 Å². The summed E-state index contributed by atoms with van der Waals surface area (Å²) < 4.78 is 76.1. The number of ether oxygens (including phenoxy) is 14. The van der Waals surface area contributed by atoms with E-state index in [0.717, 1.165) is 0 Å². The molecule has 106 heavy (non-hydrogen) atoms. The van der Waals surface area contributed by atoms with E-state index >= 15 is 0 Å². The molecule has 44 heteroatoms. The van der Waals surface area contributed by atoms with Crippen LogP contribution in [0, 0.1) is 35.5 Å². The molecule has 9 aliphatic rings. The third kappa shape index (κ3) is 22.0. The molecule has 1 saturated carbocycles. The molecule has 0 amide bonds. The first-order chi connectivity index (χ1) is 48.1. The minimum Gasteiger partial charge on any atom is -0.396 e. The minimum absolute atomic E-state index is 0. The zero-order chi connectivity index (χ0) is 76.0. The second-order valence-electron chi connectivity index (χ2n) is 27.6. The molecule has 9 fully saturated rings. The molecule has 3 radical (unpaired) electrons. The van der Waals surface area contributed by atoms with E-state index in [9.17, 15) is 138 Å². The molecule has 0 bridgehead atoms. The third-order valence-electron chi connectivity index (χ3n) is 21.2. The number of methoxy groups -OCH3 is 2. The van der Waals surface area contributed by atoms with Crippen LogP contribution in [-0.2, 0) is 66.3 Å². The van der Waals surface area contributed by atoms with Gasteiger partial charge in [-0.25, -0.2) is 0 Å². The lowest BCUT2D eigenvalue weighted by molar-refractivity contribution is -0.376. The molecular weight excluding hydrogens is 1560 g/mol. The van der Waals surface area contributed by atoms with Gasteiger partial charge < -0.3 is 204 Å². The van der Waals surface area contributed by atoms with Gasteiger partial charge in [0, 0.05) is 61.7 Å². The molecule has 631 valence electrons. The third-order valence-corrected chi connectivity index (χ3v) is 21.2. The molecule has 27 N–H and O–H groups in total. The topological polar surface area (TPSA) is 675 Å². The van der Waals surface area contributed by atoms with Gasteiger partial charge in [0.2, 0.25) is 0 Å². The van der Waals surface area contributed by atoms with Crippen molar-refractivity contribution in [1.82, 2.24) is 0 Å². The molecule has 45 atom stereocenters. The summed E-state index contributed by atoms with van der Waals surface area (Å²) in [4.78, 5) is 0. The summed E-state index contributed by atoms with van der Waals surface area (Å²) in [6, 6.07) is 0. The quantitative estimate of drug-likeness (QED) is 0.0375. The van der Waals surface area contributed by atoms with Crippen LogP contribution in [0.15, 0.2) is 0 Å². The smallest absolute Gasteiger partial charge is 0.187 e. The Bertz CT molecular complexity index is 2340. The molecule has 9 rings (SSSR count). The highest BCUT2D eigenvalue weighted by Crippen LogP contribution is 2.42. The van der Waals surface area contributed by atoms with E-state index in [4.69, 9.17) is 66.3 Å². The molecule has 8 heterocycles. The van der Waals surface area contributed by atoms with Crippen molar-refractivity contribution in [2.45, 2.75) is 294 Å². The molecule has 1 aliphatic carbocycles. The zero-order valence-corrected chi connectivity index (χ0v) is 60.6. The van der Waals surface area contributed by atoms with Gasteiger partial charge in [-0.1, -0.05) is 21.3 Å². The van der Waals surface area contributed by atoms with Gasteiger partial charge in [-0.05, 0) is 39.0 Å². The van der Waals surface area contributed by atoms with E-state index in [0.29, 0.717) is 0 Å². The molecule has 8 aliphatic heterocycles. The van der Waals surface area contributed by atoms with Crippen LogP contribution in [0.4, 0.5) is 4.70 Å². The number of aliphatic hydroxyl groups excluding tert-OH is 27. The van der Waals surface area contributed by atoms with Gasteiger partial charge in [-0.15, -0.1) is 24.0 Å². The van der Waals surface area contributed by atoms with Crippen molar-refractivity contribution in [3.63, 3.8) is 0 Å². The number of aliphatic hydroxyl groups is 27. The number of rotatable bonds is 21. The zero-order valence-electron chi connectivity index (χ0n) is 58.2. The number of hydrogen-bond donors (Lipinski definition) is 27. The van der Waals surface area contributed by atoms with Crippen LogP contribution in [0.2, 0.25) is 0 Å². The molecule has 0 aromatic rings. The summed E-state index contributed by atoms with van der Waals surface area (Å²) in [6.07, 6.45) is -53.1. The lowest BCUT2D eigenvalue weighted by Crippen LogP contribution is -2.66. The van der Waals surface area contributed by atoms with Gasteiger partial charge in [0.05, 0.1) is 107 Å². The Balaban J connectivity index is 0.000000788. The molecular formula is C62H120BFIO41. The van der Waals surface area contributed by atoms with Crippen LogP contribution >= 0.6 is 24.0 Å². The fraction of sp³-hybridized carbons (Fsp3) is 1.00. The Morgan fingerprint density at radius 1 is 0.302 bits per heavy atom. The summed E-state index contributed by atoms with van der Waals surface area (Å²) in [6.45, 7) is 2.52. The number of hydrogen-bond acceptors (Lipinski definition) is 41. The van der Waals surface area contributed by atoms with E-state index < -0.39 is 308 Å². The van der Waals surface area contributed by atoms with Crippen molar-refractivity contribution in [3.8, 4) is 0 Å². The SMILES string of the molecule is C.CC1C(CO)OC(OC2C(CO)OC(OC3C(CO)OC(O)C(O)C3O)C(O)C2O)C(O)C1O.COC1OC(CO)C(OC2OC(C)C(CC3CC(CO)C(O)C(O)C3O)C(O)C2O)C(O)C1O.COC1OC(CO)C(OC2OC(C)C(CC3OC(CO)C(C)C(O)C3O)C(O)C2O)C(O)C1O.F.I.[2HH].[B].[HH]. The predicted octanol–water partition coefficient (Wildman–Crippen LogP) is -13.1. The molecule has 0 spiro atoms. The molecule has 41 nitrogen and oxygen atoms in total. The summed E-state index contributed by atoms with van der Waals surface area (Å²) in [5, 5.41) is 274. The second-order valence-corrected chi connectivity index (χ2v) is 27.6. The highest BCUT2D eigenvalue weighted by atomic mass is 127. The maximum absolute atomic E-state index is 10.8. The Morgan fingerprint density at radius 2 is 0.594 bits per heavy atom. The van der Waals surface area contributed by atoms with Crippen LogP contribution in [0.3, 0.4) is 0 Å². The second kappa shape index (κ2) is 44.3. The first-order valence-electron chi connectivity index (χ1n) is 33.9. The molecule has 8 saturated heterocycles. The molecule has 45 unspecified atom stereocenters. The minimum atomic E-state index is -1.86. The Kier molecular flexibility index (Phi) is 41.5. The van der Waals surface area contributed by atoms with Crippen molar-refractivity contribution in [1.29, 1.82) is 0 Å². The van der Waals surface area contributed by atoms with Gasteiger partial charge in [0.1, 0.15) is 128 Å². The van der Waals surface area contributed by atoms with Gasteiger partial charge >= 0.3 is 0 Å². The average Bonchev–Trinajstić information content (AvgIpc) is 0.785. The van der Waals surface area contributed by atoms with Crippen LogP contribution < -0.4 is 0 Å². The van der Waals surface area contributed by atoms with Crippen LogP contribution in [0.5, 0.6) is 0 Å². The predicted molar refractivity (Wildman–Crippen MR) is 361 cm³/mol. The van der Waals surface area contributed by atoms with E-state index in [1.165, 1.54) is 14.2 Å². The number of halogens is 2. The maximum Gasteiger partial charge on any atom is 0.187 e. The molecule has 0 aromatic heterocycles. The highest BCUT2D eigenvalue weighted by molar-refractivity contribution is 14.0. The summed E-state index contributed by atoms with van der Waals surface area (Å²) in [7, 11) is 2.52. The van der Waals surface area contributed by atoms with E-state index in [1.54, 1.807) is 27.7 Å². The van der Waals surface area contributed by atoms with Crippen LogP contribution in [-0.4, -0.2) is 446 Å². The fourth-order valence-electron chi connectivity index (χ4n) is 14.5. The van der Waals surface area contributed by atoms with Gasteiger partial charge in [0.15, 0.2) is 44.0 Å². The van der Waals surface area contributed by atoms with Crippen molar-refractivity contribution in [2.75, 3.05) is 60.5 Å². The van der Waals surface area contributed by atoms with E-state index in [-0.39, 0.29) is 79.9 Å². The van der Waals surface area contributed by atoms with Crippen molar-refractivity contribution >= 4 is 32.4 Å². The Morgan fingerprint density at radius 3 is 0.972 bits per heavy atom. The van der Waals surface area contributed by atoms with Crippen LogP contribution in [0.25, 0.3) is 0 Å². The standard InChI is InChI=1S/2C21H38O13.C19H34O15.CH4.B.FH.HI.2H2/c1-7-10(4-8-3-9(5-22)13(25)15(27)12(8)24)14(26)17(29)21(32-7)34-19-11(6-23)33-20(31-2)18(30)16(19)28;1-7-11(5-22)32-10(15(26)13(7)24)4-9-8(2)31-21(17(28)14(9)25)34-19-12(6-23)33-20(30-3)18(29)16(19)27;1-5-6(2-20)31-18(13(27)9(5)23)34-16-8(4-22)32-19(14(28)11(16)25)33-15-7(3-21)30-17(29)12(26)10(15)24;;;;;;/h7-30H,3-6H2,1-2H3;7-29H,4-6H2,1-3H3;5-29H,2-4H2,1H3;1H4;;4*1H/i;;;;;;;1+1;. The summed E-state index contributed by atoms with van der Waals surface area (Å²) in [5.41, 5.74) is 0. The summed E-state index contributed by atoms with van der Waals surface area (Å²) in [5.74, 6) is -3.80. The summed E-state index contributed by atoms with van der Waals surface area (Å²) >= 11 is 0. The first-order valence-corrected chi connectivity index (χ1v) is 33.9. The van der Waals surface area contributed by atoms with Crippen LogP contribution in [0.1, 0.15) is 57.2 Å². The normalized spacial score (nSPS) is 50.5. The highest BCUT2D eigenvalue weighted by Gasteiger charge is 2.57. The lowest BCUT2D eigenvalue weighted by atomic mass is 9.70. The monoisotopic (exact) mass is 1680 g/mol. The Hall–Kier alpha value is -0.915. The van der Waals surface area contributed by atoms with Gasteiger partial charge in [-0.3, -0.25) is 4.70 Å². The van der Waals surface area contributed by atoms with E-state index in [1.807, 2.05) is 0 Å². The lowest BCUT2D eigenvalue weighted by Gasteiger charge is -2.48. The van der Waals surface area contributed by atoms with Gasteiger partial charge in [0.25, 0.3) is 0 Å². The van der Waals surface area contributed by atoms with Crippen molar-refractivity contribution in [2.24, 2.45) is 35.5 Å². The fourth-order valence-corrected chi connectivity index (χ4v) is 14.5. The Labute approximate surface area is 631 Å².